The average molecular weight is 416 g/mol. The van der Waals surface area contributed by atoms with E-state index in [0.29, 0.717) is 13.1 Å². The van der Waals surface area contributed by atoms with Gasteiger partial charge >= 0.3 is 0 Å². The van der Waals surface area contributed by atoms with Crippen LogP contribution in [0.3, 0.4) is 0 Å². The number of nitrogens with zero attached hydrogens (tertiary/aromatic N) is 3. The van der Waals surface area contributed by atoms with E-state index in [4.69, 9.17) is 14.3 Å². The molecule has 166 valence electrons. The Morgan fingerprint density at radius 1 is 1.10 bits per heavy atom. The molecule has 0 radical (unpaired) electrons. The largest absolute Gasteiger partial charge is 0.494 e. The van der Waals surface area contributed by atoms with Crippen molar-refractivity contribution in [1.82, 2.24) is 20.7 Å². The molecule has 0 amide bonds. The third kappa shape index (κ3) is 7.71. The lowest BCUT2D eigenvalue weighted by Crippen LogP contribution is -2.37. The number of rotatable bonds is 12. The molecular formula is C23H37N5O2. The van der Waals surface area contributed by atoms with Gasteiger partial charge in [0.25, 0.3) is 0 Å². The van der Waals surface area contributed by atoms with Crippen molar-refractivity contribution >= 4 is 5.96 Å². The zero-order valence-corrected chi connectivity index (χ0v) is 19.1. The molecule has 7 heteroatoms. The van der Waals surface area contributed by atoms with E-state index in [2.05, 4.69) is 67.7 Å². The first-order valence-electron chi connectivity index (χ1n) is 10.9. The third-order valence-electron chi connectivity index (χ3n) is 4.75. The lowest BCUT2D eigenvalue weighted by Gasteiger charge is -2.12. The summed E-state index contributed by atoms with van der Waals surface area (Å²) in [5.74, 6) is 2.63. The van der Waals surface area contributed by atoms with Gasteiger partial charge in [-0.15, -0.1) is 0 Å². The SMILES string of the molecule is CCNC(=NCc1ccc(OCCCN(C)C)cc1)NCc1c(CC)noc1CC. The van der Waals surface area contributed by atoms with Gasteiger partial charge in [0.05, 0.1) is 18.8 Å². The molecule has 2 N–H and O–H groups in total. The summed E-state index contributed by atoms with van der Waals surface area (Å²) >= 11 is 0. The van der Waals surface area contributed by atoms with E-state index >= 15 is 0 Å². The molecule has 1 aromatic heterocycles. The van der Waals surface area contributed by atoms with Gasteiger partial charge in [-0.3, -0.25) is 0 Å². The predicted molar refractivity (Wildman–Crippen MR) is 122 cm³/mol. The third-order valence-corrected chi connectivity index (χ3v) is 4.75. The maximum Gasteiger partial charge on any atom is 0.191 e. The predicted octanol–water partition coefficient (Wildman–Crippen LogP) is 3.39. The highest BCUT2D eigenvalue weighted by Gasteiger charge is 2.13. The maximum absolute atomic E-state index is 5.80. The number of aliphatic imine (C=N–C) groups is 1. The summed E-state index contributed by atoms with van der Waals surface area (Å²) in [4.78, 5) is 6.88. The highest BCUT2D eigenvalue weighted by molar-refractivity contribution is 5.79. The number of hydrogen-bond donors (Lipinski definition) is 2. The Bertz CT molecular complexity index is 747. The Balaban J connectivity index is 1.90. The minimum atomic E-state index is 0.598. The van der Waals surface area contributed by atoms with Crippen LogP contribution in [-0.2, 0) is 25.9 Å². The van der Waals surface area contributed by atoms with Gasteiger partial charge in [-0.25, -0.2) is 4.99 Å². The Kier molecular flexibility index (Phi) is 10.2. The van der Waals surface area contributed by atoms with Crippen LogP contribution in [0.15, 0.2) is 33.8 Å². The van der Waals surface area contributed by atoms with Crippen molar-refractivity contribution in [2.75, 3.05) is 33.8 Å². The Labute approximate surface area is 180 Å². The first-order chi connectivity index (χ1) is 14.6. The summed E-state index contributed by atoms with van der Waals surface area (Å²) in [5.41, 5.74) is 3.29. The van der Waals surface area contributed by atoms with Crippen molar-refractivity contribution in [3.8, 4) is 5.75 Å². The first kappa shape index (κ1) is 23.7. The van der Waals surface area contributed by atoms with Gasteiger partial charge in [0.15, 0.2) is 5.96 Å². The van der Waals surface area contributed by atoms with Crippen LogP contribution in [0.5, 0.6) is 5.75 Å². The molecule has 0 saturated carbocycles. The van der Waals surface area contributed by atoms with Crippen LogP contribution < -0.4 is 15.4 Å². The minimum absolute atomic E-state index is 0.598. The van der Waals surface area contributed by atoms with Gasteiger partial charge in [0, 0.05) is 31.6 Å². The monoisotopic (exact) mass is 415 g/mol. The molecule has 30 heavy (non-hydrogen) atoms. The quantitative estimate of drug-likeness (QED) is 0.314. The fourth-order valence-corrected chi connectivity index (χ4v) is 3.08. The Morgan fingerprint density at radius 3 is 2.50 bits per heavy atom. The average Bonchev–Trinajstić information content (AvgIpc) is 3.16. The zero-order chi connectivity index (χ0) is 21.8. The second kappa shape index (κ2) is 12.9. The molecule has 0 fully saturated rings. The minimum Gasteiger partial charge on any atom is -0.494 e. The molecule has 2 rings (SSSR count). The van der Waals surface area contributed by atoms with Gasteiger partial charge in [0.2, 0.25) is 0 Å². The molecule has 0 atom stereocenters. The van der Waals surface area contributed by atoms with E-state index in [-0.39, 0.29) is 0 Å². The van der Waals surface area contributed by atoms with Crippen molar-refractivity contribution in [3.63, 3.8) is 0 Å². The lowest BCUT2D eigenvalue weighted by atomic mass is 10.1. The number of nitrogens with one attached hydrogen (secondary N) is 2. The van der Waals surface area contributed by atoms with Crippen LogP contribution in [0.25, 0.3) is 0 Å². The molecule has 7 nitrogen and oxygen atoms in total. The molecule has 0 aliphatic heterocycles. The number of aromatic nitrogens is 1. The molecule has 1 heterocycles. The summed E-state index contributed by atoms with van der Waals surface area (Å²) < 4.78 is 11.2. The lowest BCUT2D eigenvalue weighted by molar-refractivity contribution is 0.281. The van der Waals surface area contributed by atoms with Crippen LogP contribution >= 0.6 is 0 Å². The summed E-state index contributed by atoms with van der Waals surface area (Å²) in [6.07, 6.45) is 2.71. The summed E-state index contributed by atoms with van der Waals surface area (Å²) in [6.45, 7) is 10.1. The van der Waals surface area contributed by atoms with Gasteiger partial charge in [-0.1, -0.05) is 31.1 Å². The molecule has 0 aliphatic carbocycles. The molecule has 1 aromatic carbocycles. The molecular weight excluding hydrogens is 378 g/mol. The van der Waals surface area contributed by atoms with Gasteiger partial charge < -0.3 is 24.8 Å². The van der Waals surface area contributed by atoms with Crippen LogP contribution in [0.4, 0.5) is 0 Å². The molecule has 2 aromatic rings. The van der Waals surface area contributed by atoms with Crippen molar-refractivity contribution in [2.24, 2.45) is 4.99 Å². The highest BCUT2D eigenvalue weighted by Crippen LogP contribution is 2.16. The first-order valence-corrected chi connectivity index (χ1v) is 10.9. The van der Waals surface area contributed by atoms with Gasteiger partial charge in [0.1, 0.15) is 11.5 Å². The van der Waals surface area contributed by atoms with Crippen molar-refractivity contribution in [3.05, 3.63) is 46.8 Å². The summed E-state index contributed by atoms with van der Waals surface area (Å²) in [6, 6.07) is 8.16. The fourth-order valence-electron chi connectivity index (χ4n) is 3.08. The Morgan fingerprint density at radius 2 is 1.87 bits per heavy atom. The summed E-state index contributed by atoms with van der Waals surface area (Å²) in [5, 5.41) is 10.9. The topological polar surface area (TPSA) is 74.9 Å². The van der Waals surface area contributed by atoms with Crippen LogP contribution in [0.1, 0.15) is 49.8 Å². The van der Waals surface area contributed by atoms with E-state index in [1.807, 2.05) is 12.1 Å². The van der Waals surface area contributed by atoms with E-state index in [9.17, 15) is 0 Å². The smallest absolute Gasteiger partial charge is 0.191 e. The number of aryl methyl sites for hydroxylation is 2. The standard InChI is InChI=1S/C23H37N5O2/c1-6-21-20(22(7-2)30-27-21)17-26-23(24-8-3)25-16-18-10-12-19(13-11-18)29-15-9-14-28(4)5/h10-13H,6-9,14-17H2,1-5H3,(H2,24,25,26). The molecule has 0 unspecified atom stereocenters. The maximum atomic E-state index is 5.80. The normalized spacial score (nSPS) is 11.7. The van der Waals surface area contributed by atoms with Gasteiger partial charge in [-0.05, 0) is 51.6 Å². The van der Waals surface area contributed by atoms with E-state index in [0.717, 1.165) is 73.2 Å². The second-order valence-corrected chi connectivity index (χ2v) is 7.44. The molecule has 0 aliphatic rings. The van der Waals surface area contributed by atoms with Crippen molar-refractivity contribution in [2.45, 2.75) is 53.1 Å². The van der Waals surface area contributed by atoms with Gasteiger partial charge in [-0.2, -0.15) is 0 Å². The van der Waals surface area contributed by atoms with Crippen LogP contribution in [-0.4, -0.2) is 49.8 Å². The zero-order valence-electron chi connectivity index (χ0n) is 19.1. The summed E-state index contributed by atoms with van der Waals surface area (Å²) in [7, 11) is 4.15. The number of ether oxygens (including phenoxy) is 1. The van der Waals surface area contributed by atoms with Crippen molar-refractivity contribution < 1.29 is 9.26 Å². The van der Waals surface area contributed by atoms with E-state index in [1.54, 1.807) is 0 Å². The Hall–Kier alpha value is -2.54. The van der Waals surface area contributed by atoms with E-state index in [1.165, 1.54) is 0 Å². The number of hydrogen-bond acceptors (Lipinski definition) is 5. The molecule has 0 bridgehead atoms. The molecule has 0 saturated heterocycles. The van der Waals surface area contributed by atoms with E-state index < -0.39 is 0 Å². The fraction of sp³-hybridized carbons (Fsp3) is 0.565. The van der Waals surface area contributed by atoms with Crippen LogP contribution in [0.2, 0.25) is 0 Å². The number of guanidine groups is 1. The van der Waals surface area contributed by atoms with Crippen LogP contribution in [0, 0.1) is 0 Å². The number of benzene rings is 1. The molecule has 0 spiro atoms. The highest BCUT2D eigenvalue weighted by atomic mass is 16.5. The van der Waals surface area contributed by atoms with Crippen molar-refractivity contribution in [1.29, 1.82) is 0 Å². The second-order valence-electron chi connectivity index (χ2n) is 7.44.